The van der Waals surface area contributed by atoms with Crippen LogP contribution in [-0.4, -0.2) is 61.5 Å². The molecule has 7 nitrogen and oxygen atoms in total. The van der Waals surface area contributed by atoms with Crippen LogP contribution >= 0.6 is 0 Å². The van der Waals surface area contributed by atoms with Gasteiger partial charge in [0.25, 0.3) is 0 Å². The first-order chi connectivity index (χ1) is 12.0. The highest BCUT2D eigenvalue weighted by molar-refractivity contribution is 5.91. The van der Waals surface area contributed by atoms with E-state index in [0.29, 0.717) is 38.0 Å². The van der Waals surface area contributed by atoms with Gasteiger partial charge in [-0.2, -0.15) is 0 Å². The van der Waals surface area contributed by atoms with E-state index >= 15 is 0 Å². The molecular weight excluding hydrogens is 322 g/mol. The number of nitrogens with one attached hydrogen (secondary N) is 1. The number of rotatable bonds is 3. The number of benzene rings is 1. The van der Waals surface area contributed by atoms with E-state index in [0.717, 1.165) is 5.69 Å². The van der Waals surface area contributed by atoms with Crippen molar-refractivity contribution < 1.29 is 19.1 Å². The molecule has 2 unspecified atom stereocenters. The fraction of sp³-hybridized carbons (Fsp3) is 0.500. The lowest BCUT2D eigenvalue weighted by Gasteiger charge is -2.41. The van der Waals surface area contributed by atoms with Crippen LogP contribution in [0.25, 0.3) is 0 Å². The molecule has 134 valence electrons. The maximum Gasteiger partial charge on any atom is 0.337 e. The van der Waals surface area contributed by atoms with Gasteiger partial charge in [0, 0.05) is 37.8 Å². The highest BCUT2D eigenvalue weighted by atomic mass is 16.5. The predicted molar refractivity (Wildman–Crippen MR) is 92.3 cm³/mol. The van der Waals surface area contributed by atoms with E-state index in [4.69, 9.17) is 4.74 Å². The van der Waals surface area contributed by atoms with Crippen molar-refractivity contribution in [1.29, 1.82) is 0 Å². The lowest BCUT2D eigenvalue weighted by atomic mass is 10.1. The van der Waals surface area contributed by atoms with Gasteiger partial charge in [0.15, 0.2) is 0 Å². The SMILES string of the molecule is COC(=O)c1ccc(N2CCN(C(=O)C3CCC(=O)N3)C(C)C2)cc1. The minimum Gasteiger partial charge on any atom is -0.465 e. The summed E-state index contributed by atoms with van der Waals surface area (Å²) in [5.74, 6) is -0.386. The third-order valence-corrected chi connectivity index (χ3v) is 4.86. The van der Waals surface area contributed by atoms with Crippen LogP contribution in [-0.2, 0) is 14.3 Å². The Labute approximate surface area is 146 Å². The predicted octanol–water partition coefficient (Wildman–Crippen LogP) is 0.789. The Morgan fingerprint density at radius 2 is 1.92 bits per heavy atom. The molecule has 2 aliphatic rings. The minimum absolute atomic E-state index is 0.0130. The summed E-state index contributed by atoms with van der Waals surface area (Å²) in [4.78, 5) is 39.5. The van der Waals surface area contributed by atoms with E-state index in [-0.39, 0.29) is 29.9 Å². The molecule has 7 heteroatoms. The molecule has 2 fully saturated rings. The molecule has 0 spiro atoms. The zero-order valence-electron chi connectivity index (χ0n) is 14.5. The molecule has 2 amide bonds. The van der Waals surface area contributed by atoms with Gasteiger partial charge in [-0.3, -0.25) is 9.59 Å². The molecule has 0 bridgehead atoms. The number of piperazine rings is 1. The quantitative estimate of drug-likeness (QED) is 0.820. The standard InChI is InChI=1S/C18H23N3O4/c1-12-11-20(14-5-3-13(4-6-14)18(24)25-2)9-10-21(12)17(23)15-7-8-16(22)19-15/h3-6,12,15H,7-11H2,1-2H3,(H,19,22). The first kappa shape index (κ1) is 17.3. The molecule has 2 saturated heterocycles. The molecule has 2 aliphatic heterocycles. The third-order valence-electron chi connectivity index (χ3n) is 4.86. The van der Waals surface area contributed by atoms with Gasteiger partial charge in [0.2, 0.25) is 11.8 Å². The summed E-state index contributed by atoms with van der Waals surface area (Å²) in [6, 6.07) is 6.97. The highest BCUT2D eigenvalue weighted by Gasteiger charge is 2.35. The molecule has 2 atom stereocenters. The van der Waals surface area contributed by atoms with Gasteiger partial charge in [-0.25, -0.2) is 4.79 Å². The number of nitrogens with zero attached hydrogens (tertiary/aromatic N) is 2. The Balaban J connectivity index is 1.62. The van der Waals surface area contributed by atoms with Gasteiger partial charge in [0.1, 0.15) is 6.04 Å². The average molecular weight is 345 g/mol. The van der Waals surface area contributed by atoms with E-state index in [1.165, 1.54) is 7.11 Å². The van der Waals surface area contributed by atoms with E-state index in [9.17, 15) is 14.4 Å². The second-order valence-electron chi connectivity index (χ2n) is 6.52. The molecule has 1 N–H and O–H groups in total. The molecule has 1 aromatic carbocycles. The monoisotopic (exact) mass is 345 g/mol. The van der Waals surface area contributed by atoms with E-state index in [1.807, 2.05) is 24.0 Å². The van der Waals surface area contributed by atoms with Crippen molar-refractivity contribution in [3.8, 4) is 0 Å². The average Bonchev–Trinajstić information content (AvgIpc) is 3.07. The molecule has 0 saturated carbocycles. The lowest BCUT2D eigenvalue weighted by molar-refractivity contribution is -0.136. The van der Waals surface area contributed by atoms with Crippen LogP contribution in [0.4, 0.5) is 5.69 Å². The number of hydrogen-bond donors (Lipinski definition) is 1. The van der Waals surface area contributed by atoms with Crippen LogP contribution in [0.15, 0.2) is 24.3 Å². The molecule has 3 rings (SSSR count). The number of methoxy groups -OCH3 is 1. The second-order valence-corrected chi connectivity index (χ2v) is 6.52. The number of carbonyl (C=O) groups excluding carboxylic acids is 3. The Hall–Kier alpha value is -2.57. The summed E-state index contributed by atoms with van der Waals surface area (Å²) in [5.41, 5.74) is 1.53. The summed E-state index contributed by atoms with van der Waals surface area (Å²) >= 11 is 0. The molecule has 2 heterocycles. The zero-order valence-corrected chi connectivity index (χ0v) is 14.5. The molecule has 25 heavy (non-hydrogen) atoms. The van der Waals surface area contributed by atoms with Crippen molar-refractivity contribution in [3.05, 3.63) is 29.8 Å². The summed E-state index contributed by atoms with van der Waals surface area (Å²) in [5, 5.41) is 2.75. The van der Waals surface area contributed by atoms with Crippen molar-refractivity contribution >= 4 is 23.5 Å². The molecule has 0 aromatic heterocycles. The number of amides is 2. The van der Waals surface area contributed by atoms with Crippen LogP contribution < -0.4 is 10.2 Å². The first-order valence-electron chi connectivity index (χ1n) is 8.52. The van der Waals surface area contributed by atoms with Crippen molar-refractivity contribution in [3.63, 3.8) is 0 Å². The Morgan fingerprint density at radius 1 is 1.20 bits per heavy atom. The van der Waals surface area contributed by atoms with Crippen molar-refractivity contribution in [2.75, 3.05) is 31.6 Å². The summed E-state index contributed by atoms with van der Waals surface area (Å²) < 4.78 is 4.71. The normalized spacial score (nSPS) is 23.4. The zero-order chi connectivity index (χ0) is 18.0. The number of esters is 1. The molecule has 0 aliphatic carbocycles. The summed E-state index contributed by atoms with van der Waals surface area (Å²) in [6.45, 7) is 4.06. The lowest BCUT2D eigenvalue weighted by Crippen LogP contribution is -2.57. The molecule has 1 aromatic rings. The van der Waals surface area contributed by atoms with Gasteiger partial charge in [0.05, 0.1) is 12.7 Å². The maximum atomic E-state index is 12.6. The van der Waals surface area contributed by atoms with Crippen LogP contribution in [0.1, 0.15) is 30.1 Å². The Kier molecular flexibility index (Phi) is 4.92. The van der Waals surface area contributed by atoms with Crippen molar-refractivity contribution in [1.82, 2.24) is 10.2 Å². The van der Waals surface area contributed by atoms with Crippen LogP contribution in [0, 0.1) is 0 Å². The molecule has 0 radical (unpaired) electrons. The number of anilines is 1. The van der Waals surface area contributed by atoms with Crippen LogP contribution in [0.3, 0.4) is 0 Å². The Bertz CT molecular complexity index is 673. The third kappa shape index (κ3) is 3.60. The fourth-order valence-corrected chi connectivity index (χ4v) is 3.45. The van der Waals surface area contributed by atoms with Crippen LogP contribution in [0.5, 0.6) is 0 Å². The van der Waals surface area contributed by atoms with Gasteiger partial charge >= 0.3 is 5.97 Å². The fourth-order valence-electron chi connectivity index (χ4n) is 3.45. The first-order valence-corrected chi connectivity index (χ1v) is 8.52. The summed E-state index contributed by atoms with van der Waals surface area (Å²) in [7, 11) is 1.36. The van der Waals surface area contributed by atoms with E-state index in [2.05, 4.69) is 10.2 Å². The van der Waals surface area contributed by atoms with Gasteiger partial charge in [-0.15, -0.1) is 0 Å². The van der Waals surface area contributed by atoms with E-state index < -0.39 is 0 Å². The van der Waals surface area contributed by atoms with Gasteiger partial charge in [-0.05, 0) is 37.6 Å². The largest absolute Gasteiger partial charge is 0.465 e. The van der Waals surface area contributed by atoms with Crippen LogP contribution in [0.2, 0.25) is 0 Å². The Morgan fingerprint density at radius 3 is 2.48 bits per heavy atom. The molecular formula is C18H23N3O4. The highest BCUT2D eigenvalue weighted by Crippen LogP contribution is 2.21. The van der Waals surface area contributed by atoms with Crippen molar-refractivity contribution in [2.24, 2.45) is 0 Å². The topological polar surface area (TPSA) is 79.0 Å². The minimum atomic E-state index is -0.374. The van der Waals surface area contributed by atoms with Gasteiger partial charge < -0.3 is 19.9 Å². The smallest absolute Gasteiger partial charge is 0.337 e. The number of hydrogen-bond acceptors (Lipinski definition) is 5. The summed E-state index contributed by atoms with van der Waals surface area (Å²) in [6.07, 6.45) is 1.01. The van der Waals surface area contributed by atoms with E-state index in [1.54, 1.807) is 12.1 Å². The second kappa shape index (κ2) is 7.13. The number of carbonyl (C=O) groups is 3. The van der Waals surface area contributed by atoms with Gasteiger partial charge in [-0.1, -0.05) is 0 Å². The van der Waals surface area contributed by atoms with Crippen molar-refractivity contribution in [2.45, 2.75) is 31.8 Å². The number of ether oxygens (including phenoxy) is 1. The maximum absolute atomic E-state index is 12.6.